The Kier molecular flexibility index (Phi) is 5.17. The molecule has 0 aliphatic carbocycles. The summed E-state index contributed by atoms with van der Waals surface area (Å²) >= 11 is 0. The van der Waals surface area contributed by atoms with E-state index in [0.29, 0.717) is 13.2 Å². The van der Waals surface area contributed by atoms with E-state index in [2.05, 4.69) is 58.0 Å². The van der Waals surface area contributed by atoms with Crippen LogP contribution in [0.15, 0.2) is 18.2 Å². The van der Waals surface area contributed by atoms with Crippen LogP contribution in [0.2, 0.25) is 0 Å². The molecule has 0 saturated carbocycles. The predicted molar refractivity (Wildman–Crippen MR) is 77.2 cm³/mol. The second-order valence-electron chi connectivity index (χ2n) is 5.52. The van der Waals surface area contributed by atoms with Gasteiger partial charge in [0.2, 0.25) is 0 Å². The minimum absolute atomic E-state index is 0.00112. The molecule has 1 rings (SSSR count). The molecular weight excluding hydrogens is 224 g/mol. The van der Waals surface area contributed by atoms with Crippen LogP contribution in [0.1, 0.15) is 24.5 Å². The summed E-state index contributed by atoms with van der Waals surface area (Å²) in [6, 6.07) is 6.29. The summed E-state index contributed by atoms with van der Waals surface area (Å²) in [6.07, 6.45) is 0.920. The number of benzene rings is 1. The maximum atomic E-state index is 5.84. The average molecular weight is 250 g/mol. The summed E-state index contributed by atoms with van der Waals surface area (Å²) in [5, 5.41) is 0. The molecule has 0 saturated heterocycles. The van der Waals surface area contributed by atoms with E-state index in [1.807, 2.05) is 0 Å². The number of aryl methyl sites for hydroxylation is 2. The summed E-state index contributed by atoms with van der Waals surface area (Å²) in [5.74, 6) is 0.950. The highest BCUT2D eigenvalue weighted by atomic mass is 16.5. The molecule has 1 atom stereocenters. The molecule has 0 aromatic heterocycles. The molecular formula is C15H26N2O. The van der Waals surface area contributed by atoms with Crippen molar-refractivity contribution in [2.75, 3.05) is 27.2 Å². The van der Waals surface area contributed by atoms with Crippen molar-refractivity contribution in [1.29, 1.82) is 0 Å². The van der Waals surface area contributed by atoms with Crippen molar-refractivity contribution in [3.05, 3.63) is 29.3 Å². The van der Waals surface area contributed by atoms with E-state index >= 15 is 0 Å². The van der Waals surface area contributed by atoms with Crippen molar-refractivity contribution in [2.45, 2.75) is 32.7 Å². The fraction of sp³-hybridized carbons (Fsp3) is 0.600. The van der Waals surface area contributed by atoms with E-state index in [1.165, 1.54) is 11.1 Å². The minimum atomic E-state index is -0.00112. The summed E-state index contributed by atoms with van der Waals surface area (Å²) in [4.78, 5) is 2.16. The third kappa shape index (κ3) is 4.00. The van der Waals surface area contributed by atoms with Crippen LogP contribution in [0.3, 0.4) is 0 Å². The van der Waals surface area contributed by atoms with E-state index < -0.39 is 0 Å². The molecule has 0 aliphatic heterocycles. The fourth-order valence-electron chi connectivity index (χ4n) is 1.91. The topological polar surface area (TPSA) is 38.5 Å². The van der Waals surface area contributed by atoms with Crippen LogP contribution >= 0.6 is 0 Å². The minimum Gasteiger partial charge on any atom is -0.494 e. The van der Waals surface area contributed by atoms with Gasteiger partial charge in [-0.05, 0) is 58.1 Å². The lowest BCUT2D eigenvalue weighted by molar-refractivity contribution is 0.139. The van der Waals surface area contributed by atoms with Gasteiger partial charge >= 0.3 is 0 Å². The van der Waals surface area contributed by atoms with E-state index in [9.17, 15) is 0 Å². The maximum Gasteiger partial charge on any atom is 0.119 e. The van der Waals surface area contributed by atoms with E-state index in [-0.39, 0.29) is 5.54 Å². The number of hydrogen-bond donors (Lipinski definition) is 1. The molecule has 0 heterocycles. The van der Waals surface area contributed by atoms with Crippen LogP contribution in [0.5, 0.6) is 5.75 Å². The summed E-state index contributed by atoms with van der Waals surface area (Å²) in [7, 11) is 4.12. The number of rotatable bonds is 6. The zero-order chi connectivity index (χ0) is 13.8. The maximum absolute atomic E-state index is 5.84. The first-order valence-electron chi connectivity index (χ1n) is 6.46. The Morgan fingerprint density at radius 3 is 2.17 bits per heavy atom. The molecule has 102 valence electrons. The van der Waals surface area contributed by atoms with E-state index in [0.717, 1.165) is 12.2 Å². The summed E-state index contributed by atoms with van der Waals surface area (Å²) in [6.45, 7) is 7.66. The van der Waals surface area contributed by atoms with E-state index in [4.69, 9.17) is 10.5 Å². The van der Waals surface area contributed by atoms with Gasteiger partial charge in [-0.3, -0.25) is 0 Å². The number of ether oxygens (including phenoxy) is 1. The number of hydrogen-bond acceptors (Lipinski definition) is 3. The largest absolute Gasteiger partial charge is 0.494 e. The van der Waals surface area contributed by atoms with Gasteiger partial charge in [0, 0.05) is 18.5 Å². The van der Waals surface area contributed by atoms with Gasteiger partial charge in [0.15, 0.2) is 0 Å². The van der Waals surface area contributed by atoms with Gasteiger partial charge in [-0.1, -0.05) is 6.07 Å². The highest BCUT2D eigenvalue weighted by molar-refractivity contribution is 5.32. The first-order chi connectivity index (χ1) is 8.37. The predicted octanol–water partition coefficient (Wildman–Crippen LogP) is 2.35. The average Bonchev–Trinajstić information content (AvgIpc) is 2.27. The SMILES string of the molecule is Cc1cc(C)cc(OCCC(C)(CN)N(C)C)c1. The molecule has 1 aromatic carbocycles. The molecule has 0 fully saturated rings. The molecule has 18 heavy (non-hydrogen) atoms. The Morgan fingerprint density at radius 1 is 1.17 bits per heavy atom. The molecule has 0 spiro atoms. The van der Waals surface area contributed by atoms with Crippen LogP contribution in [0.25, 0.3) is 0 Å². The second-order valence-corrected chi connectivity index (χ2v) is 5.52. The standard InChI is InChI=1S/C15H26N2O/c1-12-8-13(2)10-14(9-12)18-7-6-15(3,11-16)17(4)5/h8-10H,6-7,11,16H2,1-5H3. The third-order valence-electron chi connectivity index (χ3n) is 3.62. The van der Waals surface area contributed by atoms with Crippen molar-refractivity contribution in [1.82, 2.24) is 4.90 Å². The van der Waals surface area contributed by atoms with Gasteiger partial charge in [0.05, 0.1) is 6.61 Å². The van der Waals surface area contributed by atoms with Gasteiger partial charge in [-0.2, -0.15) is 0 Å². The van der Waals surface area contributed by atoms with Gasteiger partial charge in [-0.25, -0.2) is 0 Å². The number of nitrogens with zero attached hydrogens (tertiary/aromatic N) is 1. The Labute approximate surface area is 111 Å². The Hall–Kier alpha value is -1.06. The molecule has 0 bridgehead atoms. The summed E-state index contributed by atoms with van der Waals surface area (Å²) in [5.41, 5.74) is 8.31. The Balaban J connectivity index is 2.55. The van der Waals surface area contributed by atoms with Crippen LogP contribution in [-0.2, 0) is 0 Å². The Morgan fingerprint density at radius 2 is 1.72 bits per heavy atom. The van der Waals surface area contributed by atoms with Crippen LogP contribution in [0.4, 0.5) is 0 Å². The number of likely N-dealkylation sites (N-methyl/N-ethyl adjacent to an activating group) is 1. The monoisotopic (exact) mass is 250 g/mol. The molecule has 0 aliphatic rings. The molecule has 0 amide bonds. The van der Waals surface area contributed by atoms with Crippen LogP contribution in [-0.4, -0.2) is 37.7 Å². The lowest BCUT2D eigenvalue weighted by Crippen LogP contribution is -2.48. The fourth-order valence-corrected chi connectivity index (χ4v) is 1.91. The van der Waals surface area contributed by atoms with Crippen molar-refractivity contribution in [2.24, 2.45) is 5.73 Å². The molecule has 1 aromatic rings. The quantitative estimate of drug-likeness (QED) is 0.842. The first-order valence-corrected chi connectivity index (χ1v) is 6.46. The van der Waals surface area contributed by atoms with Crippen molar-refractivity contribution in [3.63, 3.8) is 0 Å². The second kappa shape index (κ2) is 6.21. The lowest BCUT2D eigenvalue weighted by atomic mass is 9.97. The zero-order valence-electron chi connectivity index (χ0n) is 12.3. The van der Waals surface area contributed by atoms with Crippen LogP contribution < -0.4 is 10.5 Å². The molecule has 2 N–H and O–H groups in total. The normalized spacial score (nSPS) is 14.6. The highest BCUT2D eigenvalue weighted by Gasteiger charge is 2.24. The molecule has 1 unspecified atom stereocenters. The van der Waals surface area contributed by atoms with Gasteiger partial charge in [0.1, 0.15) is 5.75 Å². The summed E-state index contributed by atoms with van der Waals surface area (Å²) < 4.78 is 5.83. The van der Waals surface area contributed by atoms with E-state index in [1.54, 1.807) is 0 Å². The van der Waals surface area contributed by atoms with Crippen LogP contribution in [0, 0.1) is 13.8 Å². The van der Waals surface area contributed by atoms with Gasteiger partial charge < -0.3 is 15.4 Å². The Bertz CT molecular complexity index is 370. The van der Waals surface area contributed by atoms with Crippen molar-refractivity contribution in [3.8, 4) is 5.75 Å². The smallest absolute Gasteiger partial charge is 0.119 e. The molecule has 0 radical (unpaired) electrons. The molecule has 3 heteroatoms. The lowest BCUT2D eigenvalue weighted by Gasteiger charge is -2.35. The van der Waals surface area contributed by atoms with Gasteiger partial charge in [-0.15, -0.1) is 0 Å². The van der Waals surface area contributed by atoms with Crippen molar-refractivity contribution < 1.29 is 4.74 Å². The zero-order valence-corrected chi connectivity index (χ0v) is 12.3. The van der Waals surface area contributed by atoms with Crippen molar-refractivity contribution >= 4 is 0 Å². The third-order valence-corrected chi connectivity index (χ3v) is 3.62. The first kappa shape index (κ1) is 15.0. The molecule has 3 nitrogen and oxygen atoms in total. The highest BCUT2D eigenvalue weighted by Crippen LogP contribution is 2.19. The van der Waals surface area contributed by atoms with Gasteiger partial charge in [0.25, 0.3) is 0 Å². The number of nitrogens with two attached hydrogens (primary N) is 1.